The summed E-state index contributed by atoms with van der Waals surface area (Å²) in [5.74, 6) is 0.154. The number of rotatable bonds is 17. The summed E-state index contributed by atoms with van der Waals surface area (Å²) in [4.78, 5) is 11.7. The van der Waals surface area contributed by atoms with Crippen LogP contribution in [0, 0.1) is 5.92 Å². The molecule has 0 aliphatic carbocycles. The van der Waals surface area contributed by atoms with E-state index in [0.717, 1.165) is 32.1 Å². The maximum absolute atomic E-state index is 11.7. The Kier molecular flexibility index (Phi) is 17.3. The van der Waals surface area contributed by atoms with Crippen LogP contribution in [0.25, 0.3) is 0 Å². The van der Waals surface area contributed by atoms with E-state index in [0.29, 0.717) is 13.0 Å². The molecule has 4 nitrogen and oxygen atoms in total. The van der Waals surface area contributed by atoms with E-state index in [4.69, 9.17) is 10.2 Å². The normalized spacial score (nSPS) is 11.1. The lowest BCUT2D eigenvalue weighted by Crippen LogP contribution is -2.24. The topological polar surface area (TPSA) is 69.6 Å². The Morgan fingerprint density at radius 2 is 1.39 bits per heavy atom. The molecule has 0 radical (unpaired) electrons. The zero-order valence-corrected chi connectivity index (χ0v) is 15.2. The molecule has 0 saturated carbocycles. The van der Waals surface area contributed by atoms with Crippen LogP contribution >= 0.6 is 0 Å². The SMILES string of the molecule is CCCCCCCCCCCC(=O)NCCCCC(CO)CO. The van der Waals surface area contributed by atoms with Gasteiger partial charge in [0.2, 0.25) is 5.91 Å². The van der Waals surface area contributed by atoms with Crippen LogP contribution in [0.15, 0.2) is 0 Å². The van der Waals surface area contributed by atoms with Gasteiger partial charge in [0.1, 0.15) is 0 Å². The molecule has 0 heterocycles. The predicted molar refractivity (Wildman–Crippen MR) is 96.4 cm³/mol. The molecule has 0 aromatic heterocycles. The summed E-state index contributed by atoms with van der Waals surface area (Å²) in [6, 6.07) is 0. The van der Waals surface area contributed by atoms with Gasteiger partial charge in [-0.05, 0) is 19.3 Å². The van der Waals surface area contributed by atoms with Crippen molar-refractivity contribution in [2.75, 3.05) is 19.8 Å². The van der Waals surface area contributed by atoms with Crippen LogP contribution in [0.4, 0.5) is 0 Å². The van der Waals surface area contributed by atoms with E-state index < -0.39 is 0 Å². The fourth-order valence-corrected chi connectivity index (χ4v) is 2.71. The quantitative estimate of drug-likeness (QED) is 0.356. The second-order valence-corrected chi connectivity index (χ2v) is 6.66. The Bertz CT molecular complexity index is 255. The minimum atomic E-state index is -0.00678. The molecule has 0 atom stereocenters. The number of hydrogen-bond acceptors (Lipinski definition) is 3. The summed E-state index contributed by atoms with van der Waals surface area (Å²) in [6.45, 7) is 3.04. The molecule has 0 saturated heterocycles. The third-order valence-electron chi connectivity index (χ3n) is 4.39. The lowest BCUT2D eigenvalue weighted by Gasteiger charge is -2.10. The number of carbonyl (C=O) groups is 1. The van der Waals surface area contributed by atoms with E-state index >= 15 is 0 Å². The first-order chi connectivity index (χ1) is 11.2. The molecule has 0 unspecified atom stereocenters. The van der Waals surface area contributed by atoms with Gasteiger partial charge >= 0.3 is 0 Å². The molecule has 0 spiro atoms. The highest BCUT2D eigenvalue weighted by Gasteiger charge is 2.05. The fourth-order valence-electron chi connectivity index (χ4n) is 2.71. The Hall–Kier alpha value is -0.610. The fraction of sp³-hybridized carbons (Fsp3) is 0.947. The van der Waals surface area contributed by atoms with Gasteiger partial charge in [-0.3, -0.25) is 4.79 Å². The van der Waals surface area contributed by atoms with Crippen molar-refractivity contribution in [3.05, 3.63) is 0 Å². The Balaban J connectivity index is 3.25. The average molecular weight is 330 g/mol. The van der Waals surface area contributed by atoms with E-state index in [1.165, 1.54) is 44.9 Å². The van der Waals surface area contributed by atoms with Crippen molar-refractivity contribution in [2.45, 2.75) is 90.4 Å². The largest absolute Gasteiger partial charge is 0.396 e. The van der Waals surface area contributed by atoms with Crippen molar-refractivity contribution >= 4 is 5.91 Å². The van der Waals surface area contributed by atoms with Crippen molar-refractivity contribution in [2.24, 2.45) is 5.92 Å². The molecule has 0 aromatic rings. The van der Waals surface area contributed by atoms with Crippen molar-refractivity contribution in [1.82, 2.24) is 5.32 Å². The van der Waals surface area contributed by atoms with Gasteiger partial charge in [-0.1, -0.05) is 64.7 Å². The van der Waals surface area contributed by atoms with Gasteiger partial charge in [-0.15, -0.1) is 0 Å². The maximum atomic E-state index is 11.7. The Morgan fingerprint density at radius 3 is 1.96 bits per heavy atom. The summed E-state index contributed by atoms with van der Waals surface area (Å²) in [5, 5.41) is 20.9. The van der Waals surface area contributed by atoms with Crippen LogP contribution in [-0.4, -0.2) is 35.9 Å². The lowest BCUT2D eigenvalue weighted by atomic mass is 10.0. The zero-order chi connectivity index (χ0) is 17.2. The van der Waals surface area contributed by atoms with Crippen molar-refractivity contribution < 1.29 is 15.0 Å². The van der Waals surface area contributed by atoms with Gasteiger partial charge in [-0.2, -0.15) is 0 Å². The third kappa shape index (κ3) is 16.0. The molecule has 138 valence electrons. The molecule has 0 fully saturated rings. The molecule has 23 heavy (non-hydrogen) atoms. The minimum absolute atomic E-state index is 0.00678. The van der Waals surface area contributed by atoms with Gasteiger partial charge in [-0.25, -0.2) is 0 Å². The third-order valence-corrected chi connectivity index (χ3v) is 4.39. The number of amides is 1. The number of aliphatic hydroxyl groups is 2. The molecule has 0 aliphatic heterocycles. The lowest BCUT2D eigenvalue weighted by molar-refractivity contribution is -0.121. The van der Waals surface area contributed by atoms with Gasteiger partial charge < -0.3 is 15.5 Å². The second-order valence-electron chi connectivity index (χ2n) is 6.66. The highest BCUT2D eigenvalue weighted by molar-refractivity contribution is 5.75. The summed E-state index contributed by atoms with van der Waals surface area (Å²) in [6.07, 6.45) is 14.8. The molecule has 0 aromatic carbocycles. The predicted octanol–water partition coefficient (Wildman–Crippen LogP) is 3.79. The first-order valence-corrected chi connectivity index (χ1v) is 9.73. The highest BCUT2D eigenvalue weighted by Crippen LogP contribution is 2.10. The van der Waals surface area contributed by atoms with Crippen molar-refractivity contribution in [3.63, 3.8) is 0 Å². The highest BCUT2D eigenvalue weighted by atomic mass is 16.3. The maximum Gasteiger partial charge on any atom is 0.219 e. The monoisotopic (exact) mass is 329 g/mol. The number of aliphatic hydroxyl groups excluding tert-OH is 2. The van der Waals surface area contributed by atoms with Gasteiger partial charge in [0.15, 0.2) is 0 Å². The molecule has 0 bridgehead atoms. The van der Waals surface area contributed by atoms with Crippen LogP contribution in [0.5, 0.6) is 0 Å². The van der Waals surface area contributed by atoms with Crippen LogP contribution in [0.3, 0.4) is 0 Å². The number of unbranched alkanes of at least 4 members (excludes halogenated alkanes) is 9. The van der Waals surface area contributed by atoms with Crippen LogP contribution in [0.2, 0.25) is 0 Å². The summed E-state index contributed by atoms with van der Waals surface area (Å²) in [7, 11) is 0. The molecular formula is C19H39NO3. The molecule has 3 N–H and O–H groups in total. The van der Waals surface area contributed by atoms with Crippen LogP contribution < -0.4 is 5.32 Å². The molecule has 0 rings (SSSR count). The van der Waals surface area contributed by atoms with E-state index in [1.54, 1.807) is 0 Å². The van der Waals surface area contributed by atoms with Gasteiger partial charge in [0.25, 0.3) is 0 Å². The summed E-state index contributed by atoms with van der Waals surface area (Å²) >= 11 is 0. The first-order valence-electron chi connectivity index (χ1n) is 9.73. The standard InChI is InChI=1S/C19H39NO3/c1-2-3-4-5-6-7-8-9-10-14-19(23)20-15-12-11-13-18(16-21)17-22/h18,21-22H,2-17H2,1H3,(H,20,23). The smallest absolute Gasteiger partial charge is 0.219 e. The molecule has 0 aliphatic rings. The first kappa shape index (κ1) is 22.4. The number of nitrogens with one attached hydrogen (secondary N) is 1. The van der Waals surface area contributed by atoms with Crippen LogP contribution in [0.1, 0.15) is 90.4 Å². The number of carbonyl (C=O) groups excluding carboxylic acids is 1. The molecule has 4 heteroatoms. The van der Waals surface area contributed by atoms with E-state index in [-0.39, 0.29) is 25.0 Å². The Labute approximate surface area is 143 Å². The minimum Gasteiger partial charge on any atom is -0.396 e. The van der Waals surface area contributed by atoms with Crippen molar-refractivity contribution in [1.29, 1.82) is 0 Å². The second kappa shape index (κ2) is 17.7. The molecular weight excluding hydrogens is 290 g/mol. The number of hydrogen-bond donors (Lipinski definition) is 3. The average Bonchev–Trinajstić information content (AvgIpc) is 2.56. The zero-order valence-electron chi connectivity index (χ0n) is 15.2. The van der Waals surface area contributed by atoms with E-state index in [9.17, 15) is 4.79 Å². The van der Waals surface area contributed by atoms with Crippen molar-refractivity contribution in [3.8, 4) is 0 Å². The Morgan fingerprint density at radius 1 is 0.826 bits per heavy atom. The van der Waals surface area contributed by atoms with E-state index in [1.807, 2.05) is 0 Å². The summed E-state index contributed by atoms with van der Waals surface area (Å²) < 4.78 is 0. The summed E-state index contributed by atoms with van der Waals surface area (Å²) in [5.41, 5.74) is 0. The van der Waals surface area contributed by atoms with Crippen LogP contribution in [-0.2, 0) is 4.79 Å². The van der Waals surface area contributed by atoms with E-state index in [2.05, 4.69) is 12.2 Å². The molecule has 1 amide bonds. The van der Waals surface area contributed by atoms with Gasteiger partial charge in [0, 0.05) is 32.1 Å². The van der Waals surface area contributed by atoms with Gasteiger partial charge in [0.05, 0.1) is 0 Å².